The van der Waals surface area contributed by atoms with Crippen molar-refractivity contribution in [1.29, 1.82) is 0 Å². The second kappa shape index (κ2) is 7.14. The van der Waals surface area contributed by atoms with E-state index in [0.717, 1.165) is 48.8 Å². The van der Waals surface area contributed by atoms with Gasteiger partial charge in [0, 0.05) is 44.7 Å². The first-order chi connectivity index (χ1) is 13.8. The van der Waals surface area contributed by atoms with Crippen LogP contribution in [0.3, 0.4) is 0 Å². The molecule has 2 aliphatic rings. The second-order valence-corrected chi connectivity index (χ2v) is 7.37. The standard InChI is InChI=1S/C21H23N5O2/c27-21(18-15-16-5-1-2-6-17(16)28-18)26-13-11-25(12-14-26)20-8-7-19(22-23-20)24-9-3-4-10-24/h1-2,5-8,15H,3-4,9-14H2. The molecule has 0 bridgehead atoms. The number of piperazine rings is 1. The normalized spacial score (nSPS) is 17.5. The third kappa shape index (κ3) is 3.17. The van der Waals surface area contributed by atoms with E-state index in [0.29, 0.717) is 18.8 Å². The number of carbonyl (C=O) groups is 1. The van der Waals surface area contributed by atoms with Crippen LogP contribution in [0.2, 0.25) is 0 Å². The first kappa shape index (κ1) is 17.0. The van der Waals surface area contributed by atoms with Crippen molar-refractivity contribution in [3.63, 3.8) is 0 Å². The molecule has 2 fully saturated rings. The van der Waals surface area contributed by atoms with E-state index in [1.54, 1.807) is 0 Å². The Labute approximate surface area is 163 Å². The number of carbonyl (C=O) groups excluding carboxylic acids is 1. The summed E-state index contributed by atoms with van der Waals surface area (Å²) >= 11 is 0. The van der Waals surface area contributed by atoms with Gasteiger partial charge in [-0.2, -0.15) is 0 Å². The minimum absolute atomic E-state index is 0.0497. The molecule has 0 radical (unpaired) electrons. The Kier molecular flexibility index (Phi) is 4.35. The minimum Gasteiger partial charge on any atom is -0.451 e. The summed E-state index contributed by atoms with van der Waals surface area (Å²) in [5.74, 6) is 2.19. The summed E-state index contributed by atoms with van der Waals surface area (Å²) in [5, 5.41) is 9.77. The van der Waals surface area contributed by atoms with Gasteiger partial charge in [-0.25, -0.2) is 0 Å². The number of anilines is 2. The minimum atomic E-state index is -0.0497. The first-order valence-corrected chi connectivity index (χ1v) is 9.89. The average molecular weight is 377 g/mol. The van der Waals surface area contributed by atoms with Crippen molar-refractivity contribution in [2.45, 2.75) is 12.8 Å². The van der Waals surface area contributed by atoms with Gasteiger partial charge in [0.25, 0.3) is 5.91 Å². The zero-order chi connectivity index (χ0) is 18.9. The number of rotatable bonds is 3. The number of furan rings is 1. The molecule has 2 saturated heterocycles. The van der Waals surface area contributed by atoms with Gasteiger partial charge in [-0.05, 0) is 37.1 Å². The topological polar surface area (TPSA) is 65.7 Å². The van der Waals surface area contributed by atoms with Crippen LogP contribution in [-0.4, -0.2) is 60.3 Å². The molecule has 144 valence electrons. The van der Waals surface area contributed by atoms with Crippen LogP contribution in [0.15, 0.2) is 46.9 Å². The molecule has 0 unspecified atom stereocenters. The Morgan fingerprint density at radius 3 is 2.11 bits per heavy atom. The predicted octanol–water partition coefficient (Wildman–Crippen LogP) is 2.79. The van der Waals surface area contributed by atoms with Gasteiger partial charge in [-0.15, -0.1) is 10.2 Å². The van der Waals surface area contributed by atoms with Crippen LogP contribution < -0.4 is 9.80 Å². The van der Waals surface area contributed by atoms with Gasteiger partial charge in [0.2, 0.25) is 0 Å². The molecule has 4 heterocycles. The van der Waals surface area contributed by atoms with Crippen LogP contribution in [0.25, 0.3) is 11.0 Å². The quantitative estimate of drug-likeness (QED) is 0.699. The molecule has 0 saturated carbocycles. The van der Waals surface area contributed by atoms with Crippen molar-refractivity contribution in [3.8, 4) is 0 Å². The molecule has 7 nitrogen and oxygen atoms in total. The molecule has 0 atom stereocenters. The number of nitrogens with zero attached hydrogens (tertiary/aromatic N) is 5. The summed E-state index contributed by atoms with van der Waals surface area (Å²) in [5.41, 5.74) is 0.748. The van der Waals surface area contributed by atoms with Crippen molar-refractivity contribution >= 4 is 28.5 Å². The summed E-state index contributed by atoms with van der Waals surface area (Å²) < 4.78 is 5.72. The van der Waals surface area contributed by atoms with Crippen LogP contribution in [0, 0.1) is 0 Å². The van der Waals surface area contributed by atoms with Crippen LogP contribution in [-0.2, 0) is 0 Å². The lowest BCUT2D eigenvalue weighted by atomic mass is 10.2. The molecular weight excluding hydrogens is 354 g/mol. The Morgan fingerprint density at radius 2 is 1.46 bits per heavy atom. The zero-order valence-electron chi connectivity index (χ0n) is 15.8. The van der Waals surface area contributed by atoms with Gasteiger partial charge in [-0.3, -0.25) is 4.79 Å². The van der Waals surface area contributed by atoms with Crippen molar-refractivity contribution in [1.82, 2.24) is 15.1 Å². The Balaban J connectivity index is 1.22. The van der Waals surface area contributed by atoms with Crippen LogP contribution in [0.5, 0.6) is 0 Å². The van der Waals surface area contributed by atoms with Gasteiger partial charge >= 0.3 is 0 Å². The molecule has 5 rings (SSSR count). The van der Waals surface area contributed by atoms with E-state index in [1.165, 1.54) is 12.8 Å². The second-order valence-electron chi connectivity index (χ2n) is 7.37. The molecule has 1 amide bonds. The highest BCUT2D eigenvalue weighted by atomic mass is 16.3. The van der Waals surface area contributed by atoms with E-state index in [4.69, 9.17) is 4.42 Å². The van der Waals surface area contributed by atoms with Crippen LogP contribution >= 0.6 is 0 Å². The summed E-state index contributed by atoms with van der Waals surface area (Å²) in [7, 11) is 0. The van der Waals surface area contributed by atoms with E-state index in [2.05, 4.69) is 26.1 Å². The van der Waals surface area contributed by atoms with E-state index in [1.807, 2.05) is 41.3 Å². The number of amides is 1. The van der Waals surface area contributed by atoms with Crippen molar-refractivity contribution in [2.75, 3.05) is 49.1 Å². The summed E-state index contributed by atoms with van der Waals surface area (Å²) in [6, 6.07) is 13.6. The molecule has 28 heavy (non-hydrogen) atoms. The SMILES string of the molecule is O=C(c1cc2ccccc2o1)N1CCN(c2ccc(N3CCCC3)nn2)CC1. The third-order valence-electron chi connectivity index (χ3n) is 5.59. The van der Waals surface area contributed by atoms with Gasteiger partial charge < -0.3 is 19.1 Å². The highest BCUT2D eigenvalue weighted by Crippen LogP contribution is 2.22. The molecule has 7 heteroatoms. The molecule has 0 N–H and O–H groups in total. The lowest BCUT2D eigenvalue weighted by molar-refractivity contribution is 0.0717. The monoisotopic (exact) mass is 377 g/mol. The maximum atomic E-state index is 12.8. The maximum Gasteiger partial charge on any atom is 0.289 e. The lowest BCUT2D eigenvalue weighted by Gasteiger charge is -2.34. The number of benzene rings is 1. The Hall–Kier alpha value is -3.09. The molecular formula is C21H23N5O2. The van der Waals surface area contributed by atoms with Crippen molar-refractivity contribution in [3.05, 3.63) is 48.2 Å². The number of fused-ring (bicyclic) bond motifs is 1. The molecule has 0 aliphatic carbocycles. The van der Waals surface area contributed by atoms with E-state index < -0.39 is 0 Å². The van der Waals surface area contributed by atoms with Crippen molar-refractivity contribution in [2.24, 2.45) is 0 Å². The van der Waals surface area contributed by atoms with E-state index in [-0.39, 0.29) is 5.91 Å². The highest BCUT2D eigenvalue weighted by Gasteiger charge is 2.25. The molecule has 2 aliphatic heterocycles. The molecule has 0 spiro atoms. The summed E-state index contributed by atoms with van der Waals surface area (Å²) in [4.78, 5) is 19.1. The first-order valence-electron chi connectivity index (χ1n) is 9.89. The number of para-hydroxylation sites is 1. The van der Waals surface area contributed by atoms with Gasteiger partial charge in [-0.1, -0.05) is 18.2 Å². The molecule has 2 aromatic heterocycles. The largest absolute Gasteiger partial charge is 0.451 e. The fourth-order valence-corrected chi connectivity index (χ4v) is 3.98. The third-order valence-corrected chi connectivity index (χ3v) is 5.59. The van der Waals surface area contributed by atoms with E-state index in [9.17, 15) is 4.79 Å². The fourth-order valence-electron chi connectivity index (χ4n) is 3.98. The van der Waals surface area contributed by atoms with Crippen molar-refractivity contribution < 1.29 is 9.21 Å². The Bertz CT molecular complexity index is 937. The van der Waals surface area contributed by atoms with Gasteiger partial charge in [0.15, 0.2) is 17.4 Å². The number of hydrogen-bond acceptors (Lipinski definition) is 6. The zero-order valence-corrected chi connectivity index (χ0v) is 15.8. The maximum absolute atomic E-state index is 12.8. The predicted molar refractivity (Wildman–Crippen MR) is 108 cm³/mol. The van der Waals surface area contributed by atoms with E-state index >= 15 is 0 Å². The van der Waals surface area contributed by atoms with Gasteiger partial charge in [0.1, 0.15) is 5.58 Å². The highest BCUT2D eigenvalue weighted by molar-refractivity contribution is 5.96. The summed E-state index contributed by atoms with van der Waals surface area (Å²) in [6.07, 6.45) is 2.45. The molecule has 1 aromatic carbocycles. The number of aromatic nitrogens is 2. The van der Waals surface area contributed by atoms with Gasteiger partial charge in [0.05, 0.1) is 0 Å². The smallest absolute Gasteiger partial charge is 0.289 e. The average Bonchev–Trinajstić information content (AvgIpc) is 3.43. The van der Waals surface area contributed by atoms with Crippen LogP contribution in [0.1, 0.15) is 23.4 Å². The number of hydrogen-bond donors (Lipinski definition) is 0. The lowest BCUT2D eigenvalue weighted by Crippen LogP contribution is -2.49. The molecule has 3 aromatic rings. The Morgan fingerprint density at radius 1 is 0.821 bits per heavy atom. The fraction of sp³-hybridized carbons (Fsp3) is 0.381. The van der Waals surface area contributed by atoms with Crippen LogP contribution in [0.4, 0.5) is 11.6 Å². The summed E-state index contributed by atoms with van der Waals surface area (Å²) in [6.45, 7) is 4.90.